The van der Waals surface area contributed by atoms with Gasteiger partial charge in [0, 0.05) is 28.9 Å². The van der Waals surface area contributed by atoms with E-state index in [1.807, 2.05) is 58.9 Å². The fourth-order valence-electron chi connectivity index (χ4n) is 9.81. The fraction of sp³-hybridized carbons (Fsp3) is 0.415. The number of ether oxygens (including phenoxy) is 3. The molecule has 1 saturated carbocycles. The molecule has 4 aromatic carbocycles. The molecule has 2 bridgehead atoms. The van der Waals surface area contributed by atoms with Crippen molar-refractivity contribution in [3.8, 4) is 5.75 Å². The topological polar surface area (TPSA) is 92.0 Å². The van der Waals surface area contributed by atoms with Crippen molar-refractivity contribution in [2.45, 2.75) is 129 Å². The van der Waals surface area contributed by atoms with Gasteiger partial charge in [-0.05, 0) is 130 Å². The van der Waals surface area contributed by atoms with Crippen LogP contribution in [-0.2, 0) is 44.7 Å². The number of hydrogen-bond acceptors (Lipinski definition) is 7. The molecule has 0 unspecified atom stereocenters. The molecule has 7 nitrogen and oxygen atoms in total. The van der Waals surface area contributed by atoms with Crippen molar-refractivity contribution in [1.82, 2.24) is 0 Å². The van der Waals surface area contributed by atoms with Crippen LogP contribution in [0.15, 0.2) is 117 Å². The number of rotatable bonds is 7. The zero-order valence-corrected chi connectivity index (χ0v) is 35.8. The van der Waals surface area contributed by atoms with Gasteiger partial charge in [0.25, 0.3) is 0 Å². The Morgan fingerprint density at radius 1 is 0.767 bits per heavy atom. The van der Waals surface area contributed by atoms with Gasteiger partial charge in [-0.1, -0.05) is 111 Å². The summed E-state index contributed by atoms with van der Waals surface area (Å²) in [4.78, 5) is 42.8. The zero-order valence-electron chi connectivity index (χ0n) is 35.8. The first-order chi connectivity index (χ1) is 28.9. The van der Waals surface area contributed by atoms with Crippen molar-refractivity contribution in [3.05, 3.63) is 158 Å². The molecule has 1 aromatic heterocycles. The molecule has 4 atom stereocenters. The Morgan fingerprint density at radius 2 is 1.48 bits per heavy atom. The summed E-state index contributed by atoms with van der Waals surface area (Å²) in [6.45, 7) is 9.79. The SMILES string of the molecule is CC(C)=C1CCc2ccc(cc2)C[C@@H](CCc2cccc(Cc3ccccc3)c2)CC(=O)O[C@H]2c3c(ccc4cc(C(C)C)c(=O)oc34)O[C@@](C)(C3CCCC3)[C@H]2OC1=O. The number of fused-ring (bicyclic) bond motifs is 13. The van der Waals surface area contributed by atoms with Crippen molar-refractivity contribution in [2.75, 3.05) is 0 Å². The molecule has 0 radical (unpaired) electrons. The minimum absolute atomic E-state index is 0.0353. The quantitative estimate of drug-likeness (QED) is 0.0918. The summed E-state index contributed by atoms with van der Waals surface area (Å²) in [6.07, 6.45) is 6.23. The molecule has 0 spiro atoms. The van der Waals surface area contributed by atoms with Gasteiger partial charge in [-0.25, -0.2) is 9.59 Å². The van der Waals surface area contributed by atoms with Crippen LogP contribution in [0.3, 0.4) is 0 Å². The summed E-state index contributed by atoms with van der Waals surface area (Å²) in [5, 5.41) is 0.693. The first kappa shape index (κ1) is 41.3. The predicted octanol–water partition coefficient (Wildman–Crippen LogP) is 11.5. The number of aryl methyl sites for hydroxylation is 2. The number of esters is 2. The molecule has 7 heteroatoms. The van der Waals surface area contributed by atoms with E-state index in [9.17, 15) is 14.4 Å². The van der Waals surface area contributed by atoms with E-state index < -0.39 is 35.4 Å². The van der Waals surface area contributed by atoms with Crippen LogP contribution < -0.4 is 10.4 Å². The van der Waals surface area contributed by atoms with E-state index in [-0.39, 0.29) is 29.8 Å². The van der Waals surface area contributed by atoms with Crippen molar-refractivity contribution in [2.24, 2.45) is 11.8 Å². The summed E-state index contributed by atoms with van der Waals surface area (Å²) in [7, 11) is 0. The summed E-state index contributed by atoms with van der Waals surface area (Å²) in [5.41, 5.74) is 7.32. The third-order valence-electron chi connectivity index (χ3n) is 13.3. The third-order valence-corrected chi connectivity index (χ3v) is 13.3. The van der Waals surface area contributed by atoms with Gasteiger partial charge >= 0.3 is 17.6 Å². The van der Waals surface area contributed by atoms with Crippen molar-refractivity contribution >= 4 is 22.9 Å². The van der Waals surface area contributed by atoms with E-state index in [1.165, 1.54) is 16.7 Å². The number of allylic oxidation sites excluding steroid dienone is 1. The van der Waals surface area contributed by atoms with Gasteiger partial charge < -0.3 is 18.6 Å². The van der Waals surface area contributed by atoms with E-state index in [0.29, 0.717) is 47.1 Å². The molecule has 3 aliphatic heterocycles. The fourth-order valence-corrected chi connectivity index (χ4v) is 9.81. The van der Waals surface area contributed by atoms with E-state index >= 15 is 0 Å². The second-order valence-corrected chi connectivity index (χ2v) is 18.1. The standard InChI is InChI=1S/C53H58O7/c1-33(2)43-26-24-35-18-20-38(21-19-35)30-40(23-22-37-14-11-15-39(29-37)28-36-12-7-6-8-13-36)31-46(54)57-49-47-45(27-25-41-32-44(34(3)4)52(56)58-48(41)47)60-53(5,42-16-9-10-17-42)50(49)59-51(43)55/h6-8,11-15,18-21,25,27,29,32,34,40,42,49-50H,9-10,16-17,22-24,26,28,30-31H2,1-5H3/t40-,49+,50+,53+/m1/s1. The summed E-state index contributed by atoms with van der Waals surface area (Å²) >= 11 is 0. The molecule has 4 heterocycles. The lowest BCUT2D eigenvalue weighted by Gasteiger charge is -2.48. The lowest BCUT2D eigenvalue weighted by Crippen LogP contribution is -2.58. The molecule has 5 aromatic rings. The third kappa shape index (κ3) is 8.87. The largest absolute Gasteiger partial charge is 0.483 e. The highest BCUT2D eigenvalue weighted by molar-refractivity contribution is 5.90. The molecule has 0 saturated heterocycles. The van der Waals surface area contributed by atoms with Gasteiger partial charge in [0.2, 0.25) is 0 Å². The second kappa shape index (κ2) is 17.7. The number of hydrogen-bond donors (Lipinski definition) is 0. The normalized spacial score (nSPS) is 22.6. The highest BCUT2D eigenvalue weighted by Crippen LogP contribution is 2.52. The molecule has 4 aliphatic rings. The lowest BCUT2D eigenvalue weighted by atomic mass is 9.76. The molecular formula is C53H58O7. The first-order valence-corrected chi connectivity index (χ1v) is 22.0. The Bertz CT molecular complexity index is 2430. The maximum atomic E-state index is 14.7. The molecule has 312 valence electrons. The summed E-state index contributed by atoms with van der Waals surface area (Å²) in [6, 6.07) is 33.5. The average molecular weight is 807 g/mol. The highest BCUT2D eigenvalue weighted by Gasteiger charge is 2.57. The van der Waals surface area contributed by atoms with E-state index in [2.05, 4.69) is 72.8 Å². The first-order valence-electron chi connectivity index (χ1n) is 22.0. The molecule has 1 aliphatic carbocycles. The minimum Gasteiger partial charge on any atom is -0.483 e. The predicted molar refractivity (Wildman–Crippen MR) is 235 cm³/mol. The second-order valence-electron chi connectivity index (χ2n) is 18.1. The van der Waals surface area contributed by atoms with E-state index in [0.717, 1.165) is 61.6 Å². The van der Waals surface area contributed by atoms with Crippen molar-refractivity contribution in [1.29, 1.82) is 0 Å². The molecular weight excluding hydrogens is 749 g/mol. The number of carbonyl (C=O) groups is 2. The monoisotopic (exact) mass is 806 g/mol. The molecule has 0 N–H and O–H groups in total. The Kier molecular flexibility index (Phi) is 12.2. The Morgan fingerprint density at radius 3 is 2.22 bits per heavy atom. The Hall–Kier alpha value is -5.43. The van der Waals surface area contributed by atoms with Gasteiger partial charge in [0.15, 0.2) is 12.2 Å². The maximum absolute atomic E-state index is 14.7. The smallest absolute Gasteiger partial charge is 0.339 e. The van der Waals surface area contributed by atoms with Crippen LogP contribution in [0, 0.1) is 11.8 Å². The zero-order chi connectivity index (χ0) is 42.0. The van der Waals surface area contributed by atoms with Crippen LogP contribution in [0.5, 0.6) is 5.75 Å². The van der Waals surface area contributed by atoms with Gasteiger partial charge in [-0.15, -0.1) is 0 Å². The van der Waals surface area contributed by atoms with Gasteiger partial charge in [-0.3, -0.25) is 4.79 Å². The number of carbonyl (C=O) groups excluding carboxylic acids is 2. The maximum Gasteiger partial charge on any atom is 0.339 e. The van der Waals surface area contributed by atoms with Gasteiger partial charge in [-0.2, -0.15) is 0 Å². The molecule has 0 amide bonds. The van der Waals surface area contributed by atoms with Crippen LogP contribution in [-0.4, -0.2) is 23.6 Å². The average Bonchev–Trinajstić information content (AvgIpc) is 3.78. The van der Waals surface area contributed by atoms with Crippen molar-refractivity contribution < 1.29 is 28.2 Å². The van der Waals surface area contributed by atoms with Crippen LogP contribution in [0.1, 0.15) is 131 Å². The van der Waals surface area contributed by atoms with E-state index in [4.69, 9.17) is 18.6 Å². The molecule has 1 fully saturated rings. The van der Waals surface area contributed by atoms with E-state index in [1.54, 1.807) is 0 Å². The molecule has 9 rings (SSSR count). The Labute approximate surface area is 354 Å². The van der Waals surface area contributed by atoms with Crippen LogP contribution in [0.4, 0.5) is 0 Å². The lowest BCUT2D eigenvalue weighted by molar-refractivity contribution is -0.199. The minimum atomic E-state index is -1.08. The highest BCUT2D eigenvalue weighted by atomic mass is 16.6. The van der Waals surface area contributed by atoms with Crippen LogP contribution >= 0.6 is 0 Å². The van der Waals surface area contributed by atoms with Gasteiger partial charge in [0.05, 0.1) is 5.56 Å². The van der Waals surface area contributed by atoms with Gasteiger partial charge in [0.1, 0.15) is 16.9 Å². The number of benzene rings is 4. The molecule has 60 heavy (non-hydrogen) atoms. The van der Waals surface area contributed by atoms with Crippen LogP contribution in [0.25, 0.3) is 11.0 Å². The summed E-state index contributed by atoms with van der Waals surface area (Å²) in [5.74, 6) is -0.413. The summed E-state index contributed by atoms with van der Waals surface area (Å²) < 4.78 is 26.6. The Balaban J connectivity index is 1.19. The van der Waals surface area contributed by atoms with Crippen LogP contribution in [0.2, 0.25) is 0 Å². The van der Waals surface area contributed by atoms with Crippen molar-refractivity contribution in [3.63, 3.8) is 0 Å².